The summed E-state index contributed by atoms with van der Waals surface area (Å²) in [6.07, 6.45) is 1.87. The summed E-state index contributed by atoms with van der Waals surface area (Å²) in [6, 6.07) is 15.8. The number of urea groups is 1. The third-order valence-corrected chi connectivity index (χ3v) is 8.18. The van der Waals surface area contributed by atoms with E-state index < -0.39 is 14.9 Å². The number of anilines is 1. The number of rotatable bonds is 9. The van der Waals surface area contributed by atoms with Crippen LogP contribution in [0.3, 0.4) is 0 Å². The van der Waals surface area contributed by atoms with E-state index >= 15 is 0 Å². The quantitative estimate of drug-likeness (QED) is 0.333. The highest BCUT2D eigenvalue weighted by molar-refractivity contribution is 7.89. The van der Waals surface area contributed by atoms with E-state index in [1.165, 1.54) is 0 Å². The lowest BCUT2D eigenvalue weighted by Gasteiger charge is -2.32. The molecule has 1 fully saturated rings. The summed E-state index contributed by atoms with van der Waals surface area (Å²) in [5, 5.41) is 6.73. The smallest absolute Gasteiger partial charge is 0.319 e. The lowest BCUT2D eigenvalue weighted by molar-refractivity contribution is 0.206. The van der Waals surface area contributed by atoms with Crippen LogP contribution in [0.4, 0.5) is 10.5 Å². The minimum absolute atomic E-state index is 0.129. The number of nitrogens with zero attached hydrogens (tertiary/aromatic N) is 2. The Morgan fingerprint density at radius 1 is 1.11 bits per heavy atom. The van der Waals surface area contributed by atoms with Crippen LogP contribution in [0.5, 0.6) is 0 Å². The van der Waals surface area contributed by atoms with Gasteiger partial charge in [0.15, 0.2) is 0 Å². The number of carbonyl (C=O) groups excluding carboxylic acids is 1. The van der Waals surface area contributed by atoms with Crippen LogP contribution in [0, 0.1) is 6.92 Å². The number of alkyl halides is 2. The number of likely N-dealkylation sites (tertiary alicyclic amines) is 1. The first kappa shape index (κ1) is 27.6. The molecule has 0 aliphatic carbocycles. The van der Waals surface area contributed by atoms with Gasteiger partial charge in [0.05, 0.1) is 16.1 Å². The van der Waals surface area contributed by atoms with Gasteiger partial charge in [-0.25, -0.2) is 17.9 Å². The normalized spacial score (nSPS) is 15.2. The van der Waals surface area contributed by atoms with E-state index in [2.05, 4.69) is 25.2 Å². The molecule has 2 heterocycles. The van der Waals surface area contributed by atoms with E-state index in [1.807, 2.05) is 37.3 Å². The minimum Gasteiger partial charge on any atom is -0.337 e. The van der Waals surface area contributed by atoms with Crippen LogP contribution in [-0.2, 0) is 16.4 Å². The van der Waals surface area contributed by atoms with E-state index in [0.717, 1.165) is 40.9 Å². The van der Waals surface area contributed by atoms with E-state index in [0.29, 0.717) is 32.4 Å². The molecule has 0 radical (unpaired) electrons. The van der Waals surface area contributed by atoms with Crippen LogP contribution in [-0.4, -0.2) is 61.4 Å². The number of piperidine rings is 1. The summed E-state index contributed by atoms with van der Waals surface area (Å²) in [7, 11) is -3.60. The molecule has 8 nitrogen and oxygen atoms in total. The van der Waals surface area contributed by atoms with Crippen molar-refractivity contribution < 1.29 is 13.2 Å². The molecular formula is C26H31Cl2N5O3S. The Morgan fingerprint density at radius 3 is 2.51 bits per heavy atom. The molecule has 198 valence electrons. The van der Waals surface area contributed by atoms with Gasteiger partial charge in [-0.15, -0.1) is 23.2 Å². The average Bonchev–Trinajstić information content (AvgIpc) is 2.85. The molecular weight excluding hydrogens is 533 g/mol. The van der Waals surface area contributed by atoms with E-state index in [-0.39, 0.29) is 17.0 Å². The molecule has 1 aromatic heterocycles. The summed E-state index contributed by atoms with van der Waals surface area (Å²) in [5.74, 6) is 0. The second-order valence-corrected chi connectivity index (χ2v) is 12.2. The summed E-state index contributed by atoms with van der Waals surface area (Å²) in [4.78, 5) is 18.9. The molecule has 0 atom stereocenters. The fourth-order valence-corrected chi connectivity index (χ4v) is 6.11. The number of aromatic nitrogens is 1. The molecule has 0 saturated carbocycles. The van der Waals surface area contributed by atoms with Gasteiger partial charge in [-0.1, -0.05) is 30.3 Å². The monoisotopic (exact) mass is 563 g/mol. The molecule has 3 aromatic rings. The molecule has 3 N–H and O–H groups in total. The van der Waals surface area contributed by atoms with Crippen LogP contribution < -0.4 is 15.4 Å². The Bertz CT molecular complexity index is 1330. The summed E-state index contributed by atoms with van der Waals surface area (Å²) < 4.78 is 28.4. The van der Waals surface area contributed by atoms with Gasteiger partial charge < -0.3 is 15.5 Å². The maximum Gasteiger partial charge on any atom is 0.319 e. The van der Waals surface area contributed by atoms with Crippen molar-refractivity contribution >= 4 is 55.8 Å². The molecule has 2 amide bonds. The molecule has 0 spiro atoms. The van der Waals surface area contributed by atoms with Crippen molar-refractivity contribution in [2.75, 3.05) is 31.5 Å². The van der Waals surface area contributed by atoms with Crippen LogP contribution >= 0.6 is 23.2 Å². The summed E-state index contributed by atoms with van der Waals surface area (Å²) in [5.41, 5.74) is 3.28. The molecule has 1 saturated heterocycles. The Hall–Kier alpha value is -2.43. The number of pyridine rings is 1. The zero-order chi connectivity index (χ0) is 26.4. The number of nitrogens with one attached hydrogen (secondary N) is 3. The fraction of sp³-hybridized carbons (Fsp3) is 0.385. The number of hydrogen-bond donors (Lipinski definition) is 3. The zero-order valence-corrected chi connectivity index (χ0v) is 22.9. The van der Waals surface area contributed by atoms with Gasteiger partial charge in [0.1, 0.15) is 4.84 Å². The number of hydrogen-bond acceptors (Lipinski definition) is 5. The Kier molecular flexibility index (Phi) is 9.26. The number of amides is 2. The summed E-state index contributed by atoms with van der Waals surface area (Å²) >= 11 is 11.6. The highest BCUT2D eigenvalue weighted by atomic mass is 35.5. The van der Waals surface area contributed by atoms with Crippen LogP contribution in [0.1, 0.15) is 24.1 Å². The number of benzene rings is 2. The molecule has 1 aliphatic rings. The molecule has 0 unspecified atom stereocenters. The van der Waals surface area contributed by atoms with Crippen molar-refractivity contribution in [3.05, 3.63) is 65.9 Å². The average molecular weight is 565 g/mol. The van der Waals surface area contributed by atoms with Gasteiger partial charge in [-0.05, 0) is 62.7 Å². The van der Waals surface area contributed by atoms with Gasteiger partial charge in [-0.2, -0.15) is 0 Å². The molecule has 4 rings (SSSR count). The molecule has 11 heteroatoms. The zero-order valence-electron chi connectivity index (χ0n) is 20.6. The Balaban J connectivity index is 1.20. The number of aryl methyl sites for hydroxylation is 1. The Labute approximate surface area is 227 Å². The standard InChI is InChI=1S/C26H31Cl2N5O3S/c1-18-16-24(22-4-2-3-5-23(22)30-18)31-26(34)29-12-15-33-13-10-20(11-14-33)32-37(35,36)21-8-6-19(7-9-21)17-25(27)28/h2-9,16,20,25,32H,10-15,17H2,1H3,(H2,29,30,31,34). The predicted octanol–water partition coefficient (Wildman–Crippen LogP) is 4.45. The van der Waals surface area contributed by atoms with Crippen LogP contribution in [0.15, 0.2) is 59.5 Å². The van der Waals surface area contributed by atoms with Gasteiger partial charge in [0.25, 0.3) is 0 Å². The molecule has 0 bridgehead atoms. The molecule has 37 heavy (non-hydrogen) atoms. The van der Waals surface area contributed by atoms with Crippen molar-refractivity contribution in [2.45, 2.75) is 42.0 Å². The van der Waals surface area contributed by atoms with Crippen LogP contribution in [0.2, 0.25) is 0 Å². The van der Waals surface area contributed by atoms with Crippen molar-refractivity contribution in [2.24, 2.45) is 0 Å². The third kappa shape index (κ3) is 7.78. The number of fused-ring (bicyclic) bond motifs is 1. The largest absolute Gasteiger partial charge is 0.337 e. The molecule has 1 aliphatic heterocycles. The second kappa shape index (κ2) is 12.4. The highest BCUT2D eigenvalue weighted by Gasteiger charge is 2.24. The van der Waals surface area contributed by atoms with Crippen molar-refractivity contribution in [1.82, 2.24) is 19.9 Å². The van der Waals surface area contributed by atoms with Crippen LogP contribution in [0.25, 0.3) is 10.9 Å². The Morgan fingerprint density at radius 2 is 1.81 bits per heavy atom. The highest BCUT2D eigenvalue weighted by Crippen LogP contribution is 2.23. The van der Waals surface area contributed by atoms with Crippen molar-refractivity contribution in [1.29, 1.82) is 0 Å². The first-order valence-corrected chi connectivity index (χ1v) is 14.6. The SMILES string of the molecule is Cc1cc(NC(=O)NCCN2CCC(NS(=O)(=O)c3ccc(CC(Cl)Cl)cc3)CC2)c2ccccc2n1. The first-order valence-electron chi connectivity index (χ1n) is 12.2. The van der Waals surface area contributed by atoms with Gasteiger partial charge >= 0.3 is 6.03 Å². The lowest BCUT2D eigenvalue weighted by atomic mass is 10.1. The molecule has 2 aromatic carbocycles. The van der Waals surface area contributed by atoms with E-state index in [1.54, 1.807) is 24.3 Å². The topological polar surface area (TPSA) is 103 Å². The summed E-state index contributed by atoms with van der Waals surface area (Å²) in [6.45, 7) is 4.57. The lowest BCUT2D eigenvalue weighted by Crippen LogP contribution is -2.46. The number of para-hydroxylation sites is 1. The minimum atomic E-state index is -3.60. The second-order valence-electron chi connectivity index (χ2n) is 9.19. The van der Waals surface area contributed by atoms with E-state index in [9.17, 15) is 13.2 Å². The van der Waals surface area contributed by atoms with Crippen molar-refractivity contribution in [3.8, 4) is 0 Å². The van der Waals surface area contributed by atoms with Gasteiger partial charge in [-0.3, -0.25) is 4.98 Å². The number of sulfonamides is 1. The number of carbonyl (C=O) groups is 1. The maximum absolute atomic E-state index is 12.8. The predicted molar refractivity (Wildman–Crippen MR) is 149 cm³/mol. The third-order valence-electron chi connectivity index (χ3n) is 6.34. The maximum atomic E-state index is 12.8. The number of halogens is 2. The van der Waals surface area contributed by atoms with Crippen molar-refractivity contribution in [3.63, 3.8) is 0 Å². The van der Waals surface area contributed by atoms with Gasteiger partial charge in [0, 0.05) is 36.6 Å². The fourth-order valence-electron chi connectivity index (χ4n) is 4.45. The van der Waals surface area contributed by atoms with Gasteiger partial charge in [0.2, 0.25) is 10.0 Å². The first-order chi connectivity index (χ1) is 17.7. The van der Waals surface area contributed by atoms with E-state index in [4.69, 9.17) is 23.2 Å².